The van der Waals surface area contributed by atoms with Crippen molar-refractivity contribution < 1.29 is 37.2 Å². The summed E-state index contributed by atoms with van der Waals surface area (Å²) in [5, 5.41) is 12.5. The number of carbonyl (C=O) groups is 3. The van der Waals surface area contributed by atoms with Crippen molar-refractivity contribution in [3.05, 3.63) is 33.9 Å². The summed E-state index contributed by atoms with van der Waals surface area (Å²) >= 11 is 0. The van der Waals surface area contributed by atoms with Gasteiger partial charge in [0.2, 0.25) is 0 Å². The van der Waals surface area contributed by atoms with Crippen molar-refractivity contribution in [3.63, 3.8) is 0 Å². The molecule has 142 valence electrons. The summed E-state index contributed by atoms with van der Waals surface area (Å²) in [6.07, 6.45) is -6.73. The van der Waals surface area contributed by atoms with Crippen molar-refractivity contribution in [1.82, 2.24) is 0 Å². The molecule has 26 heavy (non-hydrogen) atoms. The van der Waals surface area contributed by atoms with Crippen LogP contribution >= 0.6 is 0 Å². The number of anilines is 1. The van der Waals surface area contributed by atoms with Gasteiger partial charge in [0.15, 0.2) is 6.10 Å². The number of nitro groups is 1. The van der Waals surface area contributed by atoms with Crippen molar-refractivity contribution in [2.75, 3.05) is 5.32 Å². The molecule has 0 aliphatic carbocycles. The third-order valence-corrected chi connectivity index (χ3v) is 3.14. The van der Waals surface area contributed by atoms with Crippen LogP contribution < -0.4 is 5.32 Å². The van der Waals surface area contributed by atoms with Gasteiger partial charge in [0.1, 0.15) is 5.78 Å². The van der Waals surface area contributed by atoms with Gasteiger partial charge in [0.25, 0.3) is 11.6 Å². The van der Waals surface area contributed by atoms with Crippen LogP contribution in [0.25, 0.3) is 0 Å². The number of halogens is 3. The third-order valence-electron chi connectivity index (χ3n) is 3.14. The second-order valence-electron chi connectivity index (χ2n) is 5.31. The van der Waals surface area contributed by atoms with Crippen LogP contribution in [0.2, 0.25) is 0 Å². The van der Waals surface area contributed by atoms with Gasteiger partial charge in [-0.1, -0.05) is 0 Å². The second-order valence-corrected chi connectivity index (χ2v) is 5.31. The molecule has 1 rings (SSSR count). The first-order valence-electron chi connectivity index (χ1n) is 7.27. The largest absolute Gasteiger partial charge is 0.453 e. The van der Waals surface area contributed by atoms with E-state index in [1.807, 2.05) is 5.32 Å². The number of amides is 1. The Balaban J connectivity index is 2.90. The highest BCUT2D eigenvalue weighted by Gasteiger charge is 2.36. The summed E-state index contributed by atoms with van der Waals surface area (Å²) < 4.78 is 43.8. The minimum atomic E-state index is -4.95. The summed E-state index contributed by atoms with van der Waals surface area (Å²) in [6.45, 7) is 2.40. The smallest absolute Gasteiger partial charge is 0.418 e. The van der Waals surface area contributed by atoms with Crippen molar-refractivity contribution in [3.8, 4) is 0 Å². The Morgan fingerprint density at radius 2 is 1.88 bits per heavy atom. The fourth-order valence-electron chi connectivity index (χ4n) is 1.81. The SMILES string of the molecule is CC(=O)CCC(=O)O[C@@H](C)C(=O)Nc1ccc([N+](=O)[O-])cc1C(F)(F)F. The minimum Gasteiger partial charge on any atom is -0.453 e. The van der Waals surface area contributed by atoms with E-state index in [4.69, 9.17) is 4.74 Å². The predicted octanol–water partition coefficient (Wildman–Crippen LogP) is 2.85. The van der Waals surface area contributed by atoms with Crippen LogP contribution in [0, 0.1) is 10.1 Å². The van der Waals surface area contributed by atoms with Crippen LogP contribution in [-0.4, -0.2) is 28.7 Å². The van der Waals surface area contributed by atoms with Gasteiger partial charge in [0.05, 0.1) is 22.6 Å². The number of benzene rings is 1. The number of nitrogens with zero attached hydrogens (tertiary/aromatic N) is 1. The summed E-state index contributed by atoms with van der Waals surface area (Å²) in [5.74, 6) is -2.18. The highest BCUT2D eigenvalue weighted by Crippen LogP contribution is 2.37. The first-order chi connectivity index (χ1) is 11.9. The van der Waals surface area contributed by atoms with Crippen LogP contribution in [0.15, 0.2) is 18.2 Å². The van der Waals surface area contributed by atoms with E-state index in [0.29, 0.717) is 6.07 Å². The predicted molar refractivity (Wildman–Crippen MR) is 82.2 cm³/mol. The van der Waals surface area contributed by atoms with Crippen LogP contribution in [0.3, 0.4) is 0 Å². The molecule has 0 saturated heterocycles. The van der Waals surface area contributed by atoms with E-state index in [2.05, 4.69) is 0 Å². The maximum Gasteiger partial charge on any atom is 0.418 e. The lowest BCUT2D eigenvalue weighted by molar-refractivity contribution is -0.385. The number of hydrogen-bond donors (Lipinski definition) is 1. The number of esters is 1. The van der Waals surface area contributed by atoms with Crippen LogP contribution in [0.1, 0.15) is 32.3 Å². The Labute approximate surface area is 145 Å². The molecule has 1 atom stereocenters. The van der Waals surface area contributed by atoms with E-state index in [9.17, 15) is 37.7 Å². The molecule has 11 heteroatoms. The van der Waals surface area contributed by atoms with E-state index in [-0.39, 0.29) is 18.6 Å². The molecular weight excluding hydrogens is 361 g/mol. The van der Waals surface area contributed by atoms with Gasteiger partial charge in [-0.25, -0.2) is 0 Å². The lowest BCUT2D eigenvalue weighted by atomic mass is 10.1. The quantitative estimate of drug-likeness (QED) is 0.444. The topological polar surface area (TPSA) is 116 Å². The number of ether oxygens (including phenoxy) is 1. The molecule has 0 saturated carbocycles. The van der Waals surface area contributed by atoms with Gasteiger partial charge in [-0.15, -0.1) is 0 Å². The van der Waals surface area contributed by atoms with E-state index >= 15 is 0 Å². The standard InChI is InChI=1S/C15H15F3N2O6/c1-8(21)3-6-13(22)26-9(2)14(23)19-12-5-4-10(20(24)25)7-11(12)15(16,17)18/h4-5,7,9H,3,6H2,1-2H3,(H,19,23)/t9-/m0/s1. The Morgan fingerprint density at radius 1 is 1.27 bits per heavy atom. The van der Waals surface area contributed by atoms with E-state index in [0.717, 1.165) is 19.1 Å². The highest BCUT2D eigenvalue weighted by atomic mass is 19.4. The number of carbonyl (C=O) groups excluding carboxylic acids is 3. The van der Waals surface area contributed by atoms with Gasteiger partial charge >= 0.3 is 12.1 Å². The summed E-state index contributed by atoms with van der Waals surface area (Å²) in [7, 11) is 0. The van der Waals surface area contributed by atoms with Crippen LogP contribution in [0.4, 0.5) is 24.5 Å². The molecule has 1 amide bonds. The van der Waals surface area contributed by atoms with Crippen molar-refractivity contribution in [2.45, 2.75) is 39.0 Å². The number of Topliss-reactive ketones (excluding diaryl/α,β-unsaturated/α-hetero) is 1. The Kier molecular flexibility index (Phi) is 6.81. The van der Waals surface area contributed by atoms with E-state index in [1.54, 1.807) is 0 Å². The number of hydrogen-bond acceptors (Lipinski definition) is 6. The molecule has 1 aromatic rings. The maximum absolute atomic E-state index is 13.0. The van der Waals surface area contributed by atoms with Gasteiger partial charge in [-0.2, -0.15) is 13.2 Å². The molecular formula is C15H15F3N2O6. The Bertz CT molecular complexity index is 733. The van der Waals surface area contributed by atoms with Crippen molar-refractivity contribution in [1.29, 1.82) is 0 Å². The zero-order chi connectivity index (χ0) is 20.1. The molecule has 0 radical (unpaired) electrons. The Hall–Kier alpha value is -2.98. The minimum absolute atomic E-state index is 0.0895. The second kappa shape index (κ2) is 8.41. The number of rotatable bonds is 7. The molecule has 1 aromatic carbocycles. The lowest BCUT2D eigenvalue weighted by Crippen LogP contribution is -2.30. The molecule has 1 N–H and O–H groups in total. The zero-order valence-electron chi connectivity index (χ0n) is 13.8. The molecule has 8 nitrogen and oxygen atoms in total. The molecule has 0 spiro atoms. The molecule has 0 heterocycles. The molecule has 0 bridgehead atoms. The lowest BCUT2D eigenvalue weighted by Gasteiger charge is -2.16. The first-order valence-corrected chi connectivity index (χ1v) is 7.27. The maximum atomic E-state index is 13.0. The fourth-order valence-corrected chi connectivity index (χ4v) is 1.81. The van der Waals surface area contributed by atoms with Crippen molar-refractivity contribution >= 4 is 29.0 Å². The average Bonchev–Trinajstić information content (AvgIpc) is 2.51. The zero-order valence-corrected chi connectivity index (χ0v) is 13.8. The number of alkyl halides is 3. The number of non-ortho nitro benzene ring substituents is 1. The molecule has 0 fully saturated rings. The summed E-state index contributed by atoms with van der Waals surface area (Å²) in [6, 6.07) is 1.83. The van der Waals surface area contributed by atoms with Crippen LogP contribution in [-0.2, 0) is 25.3 Å². The van der Waals surface area contributed by atoms with Gasteiger partial charge in [-0.3, -0.25) is 19.7 Å². The first kappa shape index (κ1) is 21.1. The Morgan fingerprint density at radius 3 is 2.38 bits per heavy atom. The van der Waals surface area contributed by atoms with Gasteiger partial charge in [-0.05, 0) is 19.9 Å². The molecule has 0 unspecified atom stereocenters. The van der Waals surface area contributed by atoms with Crippen molar-refractivity contribution in [2.24, 2.45) is 0 Å². The molecule has 0 aliphatic heterocycles. The van der Waals surface area contributed by atoms with Crippen LogP contribution in [0.5, 0.6) is 0 Å². The summed E-state index contributed by atoms with van der Waals surface area (Å²) in [4.78, 5) is 43.8. The molecule has 0 aromatic heterocycles. The average molecular weight is 376 g/mol. The highest BCUT2D eigenvalue weighted by molar-refractivity contribution is 5.96. The van der Waals surface area contributed by atoms with Gasteiger partial charge in [0, 0.05) is 18.6 Å². The number of ketones is 1. The summed E-state index contributed by atoms with van der Waals surface area (Å²) in [5.41, 5.74) is -2.91. The number of nitro benzene ring substituents is 1. The fraction of sp³-hybridized carbons (Fsp3) is 0.400. The van der Waals surface area contributed by atoms with E-state index in [1.165, 1.54) is 6.92 Å². The third kappa shape index (κ3) is 6.15. The molecule has 0 aliphatic rings. The van der Waals surface area contributed by atoms with E-state index < -0.39 is 46.0 Å². The number of nitrogens with one attached hydrogen (secondary N) is 1. The normalized spacial score (nSPS) is 12.2. The monoisotopic (exact) mass is 376 g/mol. The van der Waals surface area contributed by atoms with Gasteiger partial charge < -0.3 is 14.8 Å².